The molecule has 0 amide bonds. The Morgan fingerprint density at radius 2 is 1.64 bits per heavy atom. The predicted octanol–water partition coefficient (Wildman–Crippen LogP) is 3.43. The number of carbonyl (C=O) groups excluding carboxylic acids is 1. The van der Waals surface area contributed by atoms with Crippen molar-refractivity contribution in [3.8, 4) is 0 Å². The van der Waals surface area contributed by atoms with Crippen LogP contribution in [0.15, 0.2) is 12.7 Å². The fourth-order valence-corrected chi connectivity index (χ4v) is 3.54. The van der Waals surface area contributed by atoms with E-state index in [2.05, 4.69) is 20.4 Å². The highest BCUT2D eigenvalue weighted by atomic mass is 16.4. The number of aliphatic hydroxyl groups excluding tert-OH is 1. The van der Waals surface area contributed by atoms with Gasteiger partial charge in [-0.25, -0.2) is 0 Å². The lowest BCUT2D eigenvalue weighted by Crippen LogP contribution is -2.55. The van der Waals surface area contributed by atoms with Crippen molar-refractivity contribution in [3.05, 3.63) is 12.7 Å². The maximum absolute atomic E-state index is 11.0. The van der Waals surface area contributed by atoms with Gasteiger partial charge in [-0.3, -0.25) is 0 Å². The van der Waals surface area contributed by atoms with E-state index in [1.165, 1.54) is 0 Å². The van der Waals surface area contributed by atoms with Gasteiger partial charge in [-0.2, -0.15) is 0 Å². The zero-order valence-electron chi connectivity index (χ0n) is 16.7. The first-order valence-electron chi connectivity index (χ1n) is 10.3. The van der Waals surface area contributed by atoms with Crippen LogP contribution in [0.3, 0.4) is 0 Å². The number of carboxylic acids is 1. The highest BCUT2D eigenvalue weighted by Gasteiger charge is 2.29. The topological polar surface area (TPSA) is 60.4 Å². The van der Waals surface area contributed by atoms with E-state index in [4.69, 9.17) is 0 Å². The van der Waals surface area contributed by atoms with Gasteiger partial charge in [-0.15, -0.1) is 6.58 Å². The number of carboxylic acid groups (broad SMARTS) is 1. The van der Waals surface area contributed by atoms with Gasteiger partial charge in [-0.05, 0) is 44.9 Å². The molecule has 0 radical (unpaired) electrons. The van der Waals surface area contributed by atoms with Crippen LogP contribution >= 0.6 is 0 Å². The highest BCUT2D eigenvalue weighted by Crippen LogP contribution is 2.18. The third kappa shape index (κ3) is 13.1. The van der Waals surface area contributed by atoms with Gasteiger partial charge in [0.2, 0.25) is 0 Å². The molecule has 0 bridgehead atoms. The van der Waals surface area contributed by atoms with Crippen LogP contribution in [0.25, 0.3) is 0 Å². The van der Waals surface area contributed by atoms with Crippen molar-refractivity contribution in [2.75, 3.05) is 26.2 Å². The summed E-state index contributed by atoms with van der Waals surface area (Å²) in [6.45, 7) is 11.3. The van der Waals surface area contributed by atoms with E-state index >= 15 is 0 Å². The Hall–Kier alpha value is -0.870. The van der Waals surface area contributed by atoms with Gasteiger partial charge in [0.25, 0.3) is 0 Å². The Morgan fingerprint density at radius 3 is 2.12 bits per heavy atom. The second-order valence-electron chi connectivity index (χ2n) is 7.46. The number of rotatable bonds is 18. The maximum Gasteiger partial charge on any atom is 0.105 e. The number of hydrogen-bond donors (Lipinski definition) is 1. The summed E-state index contributed by atoms with van der Waals surface area (Å²) < 4.78 is 0.733. The van der Waals surface area contributed by atoms with Crippen molar-refractivity contribution in [2.24, 2.45) is 0 Å². The number of hydrogen-bond acceptors (Lipinski definition) is 3. The van der Waals surface area contributed by atoms with Crippen LogP contribution in [-0.2, 0) is 4.79 Å². The maximum atomic E-state index is 11.0. The number of allylic oxidation sites excluding steroid dienone is 1. The van der Waals surface area contributed by atoms with Gasteiger partial charge in [0, 0.05) is 12.4 Å². The van der Waals surface area contributed by atoms with E-state index < -0.39 is 5.97 Å². The van der Waals surface area contributed by atoms with Crippen LogP contribution in [0, 0.1) is 0 Å². The lowest BCUT2D eigenvalue weighted by Gasteiger charge is -2.41. The average Bonchev–Trinajstić information content (AvgIpc) is 2.57. The predicted molar refractivity (Wildman–Crippen MR) is 103 cm³/mol. The van der Waals surface area contributed by atoms with E-state index in [1.54, 1.807) is 0 Å². The molecule has 0 rings (SSSR count). The molecule has 0 aromatic heterocycles. The minimum absolute atomic E-state index is 0.0848. The Balaban J connectivity index is 4.84. The van der Waals surface area contributed by atoms with Crippen LogP contribution in [-0.4, -0.2) is 47.8 Å². The Labute approximate surface area is 155 Å². The second kappa shape index (κ2) is 15.4. The van der Waals surface area contributed by atoms with Crippen molar-refractivity contribution in [1.29, 1.82) is 0 Å². The number of quaternary nitrogens is 1. The van der Waals surface area contributed by atoms with Crippen LogP contribution in [0.1, 0.15) is 84.5 Å². The minimum atomic E-state index is -0.978. The van der Waals surface area contributed by atoms with E-state index in [0.29, 0.717) is 13.1 Å². The quantitative estimate of drug-likeness (QED) is 0.233. The third-order valence-corrected chi connectivity index (χ3v) is 5.06. The normalized spacial score (nSPS) is 12.9. The molecular formula is C21H41NO3. The molecule has 4 nitrogen and oxygen atoms in total. The highest BCUT2D eigenvalue weighted by molar-refractivity contribution is 5.64. The molecule has 0 aliphatic rings. The monoisotopic (exact) mass is 355 g/mol. The fraction of sp³-hybridized carbons (Fsp3) is 0.857. The first-order chi connectivity index (χ1) is 12.0. The molecule has 0 aliphatic carbocycles. The van der Waals surface area contributed by atoms with Crippen LogP contribution in [0.4, 0.5) is 0 Å². The zero-order valence-corrected chi connectivity index (χ0v) is 16.7. The van der Waals surface area contributed by atoms with Gasteiger partial charge < -0.3 is 19.5 Å². The summed E-state index contributed by atoms with van der Waals surface area (Å²) in [7, 11) is 0. The Morgan fingerprint density at radius 1 is 1.04 bits per heavy atom. The summed E-state index contributed by atoms with van der Waals surface area (Å²) in [5.41, 5.74) is 0. The molecule has 1 unspecified atom stereocenters. The van der Waals surface area contributed by atoms with E-state index in [9.17, 15) is 15.0 Å². The number of nitrogens with zero attached hydrogens (tertiary/aromatic N) is 1. The Bertz CT molecular complexity index is 334. The van der Waals surface area contributed by atoms with Gasteiger partial charge in [-0.1, -0.05) is 39.2 Å². The van der Waals surface area contributed by atoms with E-state index in [-0.39, 0.29) is 12.5 Å². The summed E-state index contributed by atoms with van der Waals surface area (Å²) in [5, 5.41) is 21.6. The number of aliphatic carboxylic acids is 1. The van der Waals surface area contributed by atoms with Crippen LogP contribution in [0.2, 0.25) is 0 Å². The van der Waals surface area contributed by atoms with E-state index in [1.807, 2.05) is 6.08 Å². The molecule has 0 saturated carbocycles. The molecule has 0 aliphatic heterocycles. The molecule has 0 aromatic rings. The molecule has 148 valence electrons. The number of aliphatic hydroxyl groups is 1. The van der Waals surface area contributed by atoms with Crippen molar-refractivity contribution in [2.45, 2.75) is 90.6 Å². The van der Waals surface area contributed by atoms with Crippen LogP contribution < -0.4 is 5.11 Å². The summed E-state index contributed by atoms with van der Waals surface area (Å²) in [6.07, 6.45) is 12.3. The van der Waals surface area contributed by atoms with Crippen LogP contribution in [0.5, 0.6) is 0 Å². The van der Waals surface area contributed by atoms with Crippen molar-refractivity contribution in [3.63, 3.8) is 0 Å². The molecule has 1 N–H and O–H groups in total. The largest absolute Gasteiger partial charge is 0.550 e. The molecule has 4 heteroatoms. The lowest BCUT2D eigenvalue weighted by atomic mass is 10.1. The minimum Gasteiger partial charge on any atom is -0.550 e. The van der Waals surface area contributed by atoms with E-state index in [0.717, 1.165) is 81.8 Å². The summed E-state index contributed by atoms with van der Waals surface area (Å²) in [4.78, 5) is 11.0. The SMILES string of the molecule is C=CCCCCC(O)C[N+](CCCCC)(CCCCC)CCC(=O)[O-]. The van der Waals surface area contributed by atoms with Crippen molar-refractivity contribution >= 4 is 5.97 Å². The lowest BCUT2D eigenvalue weighted by molar-refractivity contribution is -0.931. The molecular weight excluding hydrogens is 314 g/mol. The summed E-state index contributed by atoms with van der Waals surface area (Å²) in [6, 6.07) is 0. The van der Waals surface area contributed by atoms with Crippen molar-refractivity contribution < 1.29 is 19.5 Å². The Kier molecular flexibility index (Phi) is 14.9. The molecule has 0 heterocycles. The second-order valence-corrected chi connectivity index (χ2v) is 7.46. The van der Waals surface area contributed by atoms with Gasteiger partial charge in [0.15, 0.2) is 0 Å². The number of carbonyl (C=O) groups is 1. The summed E-state index contributed by atoms with van der Waals surface area (Å²) >= 11 is 0. The standard InChI is InChI=1S/C21H41NO3/c1-4-7-10-11-14-20(23)19-22(16-12-8-5-2,17-13-9-6-3)18-15-21(24)25/h4,20,23H,1,5-19H2,2-3H3. The molecule has 0 fully saturated rings. The first kappa shape index (κ1) is 24.1. The summed E-state index contributed by atoms with van der Waals surface area (Å²) in [5.74, 6) is -0.978. The van der Waals surface area contributed by atoms with Gasteiger partial charge >= 0.3 is 0 Å². The average molecular weight is 356 g/mol. The molecule has 0 aromatic carbocycles. The fourth-order valence-electron chi connectivity index (χ4n) is 3.54. The van der Waals surface area contributed by atoms with Crippen molar-refractivity contribution in [1.82, 2.24) is 0 Å². The third-order valence-electron chi connectivity index (χ3n) is 5.06. The molecule has 1 atom stereocenters. The van der Waals surface area contributed by atoms with Gasteiger partial charge in [0.1, 0.15) is 12.6 Å². The smallest absolute Gasteiger partial charge is 0.105 e. The first-order valence-corrected chi connectivity index (χ1v) is 10.3. The zero-order chi connectivity index (χ0) is 19.0. The molecule has 25 heavy (non-hydrogen) atoms. The van der Waals surface area contributed by atoms with Gasteiger partial charge in [0.05, 0.1) is 19.6 Å². The number of unbranched alkanes of at least 4 members (excludes halogenated alkanes) is 6. The molecule has 0 spiro atoms. The molecule has 0 saturated heterocycles.